The zero-order valence-corrected chi connectivity index (χ0v) is 12.7. The van der Waals surface area contributed by atoms with Gasteiger partial charge in [-0.05, 0) is 13.2 Å². The highest BCUT2D eigenvalue weighted by Crippen LogP contribution is 2.25. The lowest BCUT2D eigenvalue weighted by atomic mass is 10.2. The van der Waals surface area contributed by atoms with Crippen molar-refractivity contribution in [3.05, 3.63) is 23.8 Å². The standard InChI is InChI=1S/C13H18F2N2O2S/c1-8(7-20-4)17(2)13(18)16-9-5-10(14)12(19-3)11(15)6-9/h5-6,8H,7H2,1-4H3,(H,16,18)/t8-/m1/s1. The van der Waals surface area contributed by atoms with Crippen LogP contribution in [0.2, 0.25) is 0 Å². The van der Waals surface area contributed by atoms with Gasteiger partial charge in [0.15, 0.2) is 17.4 Å². The molecular weight excluding hydrogens is 286 g/mol. The summed E-state index contributed by atoms with van der Waals surface area (Å²) in [6, 6.07) is 1.63. The molecule has 1 aromatic carbocycles. The van der Waals surface area contributed by atoms with Gasteiger partial charge in [0.25, 0.3) is 0 Å². The Morgan fingerprint density at radius 1 is 1.45 bits per heavy atom. The number of carbonyl (C=O) groups is 1. The molecule has 7 heteroatoms. The number of hydrogen-bond acceptors (Lipinski definition) is 3. The van der Waals surface area contributed by atoms with Crippen molar-refractivity contribution in [1.29, 1.82) is 0 Å². The summed E-state index contributed by atoms with van der Waals surface area (Å²) in [7, 11) is 2.81. The summed E-state index contributed by atoms with van der Waals surface area (Å²) in [6.45, 7) is 1.89. The van der Waals surface area contributed by atoms with Gasteiger partial charge in [-0.2, -0.15) is 11.8 Å². The average molecular weight is 304 g/mol. The van der Waals surface area contributed by atoms with E-state index >= 15 is 0 Å². The number of urea groups is 1. The highest BCUT2D eigenvalue weighted by atomic mass is 32.2. The molecular formula is C13H18F2N2O2S. The molecule has 0 saturated carbocycles. The molecule has 0 aliphatic carbocycles. The molecule has 4 nitrogen and oxygen atoms in total. The zero-order chi connectivity index (χ0) is 15.3. The third-order valence-electron chi connectivity index (χ3n) is 2.84. The molecule has 0 fully saturated rings. The van der Waals surface area contributed by atoms with Crippen LogP contribution in [0.4, 0.5) is 19.3 Å². The molecule has 0 saturated heterocycles. The van der Waals surface area contributed by atoms with Crippen LogP contribution in [0.1, 0.15) is 6.92 Å². The Morgan fingerprint density at radius 3 is 2.45 bits per heavy atom. The second-order valence-electron chi connectivity index (χ2n) is 4.32. The second-order valence-corrected chi connectivity index (χ2v) is 5.23. The lowest BCUT2D eigenvalue weighted by molar-refractivity contribution is 0.212. The number of carbonyl (C=O) groups excluding carboxylic acids is 1. The summed E-state index contributed by atoms with van der Waals surface area (Å²) in [5.41, 5.74) is 0.0500. The van der Waals surface area contributed by atoms with Crippen molar-refractivity contribution in [3.8, 4) is 5.75 Å². The molecule has 0 unspecified atom stereocenters. The van der Waals surface area contributed by atoms with Crippen molar-refractivity contribution in [2.75, 3.05) is 31.5 Å². The van der Waals surface area contributed by atoms with Crippen LogP contribution < -0.4 is 10.1 Å². The van der Waals surface area contributed by atoms with E-state index in [1.807, 2.05) is 13.2 Å². The fourth-order valence-electron chi connectivity index (χ4n) is 1.59. The molecule has 0 bridgehead atoms. The molecule has 0 aromatic heterocycles. The summed E-state index contributed by atoms with van der Waals surface area (Å²) in [6.07, 6.45) is 1.94. The van der Waals surface area contributed by atoms with Gasteiger partial charge in [-0.3, -0.25) is 0 Å². The predicted octanol–water partition coefficient (Wildman–Crippen LogP) is 3.19. The zero-order valence-electron chi connectivity index (χ0n) is 11.9. The average Bonchev–Trinajstić information content (AvgIpc) is 2.37. The Bertz CT molecular complexity index is 462. The normalized spacial score (nSPS) is 11.9. The van der Waals surface area contributed by atoms with Crippen LogP contribution in [-0.2, 0) is 0 Å². The Hall–Kier alpha value is -1.50. The van der Waals surface area contributed by atoms with Gasteiger partial charge in [0.1, 0.15) is 0 Å². The molecule has 2 amide bonds. The van der Waals surface area contributed by atoms with Crippen molar-refractivity contribution >= 4 is 23.5 Å². The number of benzene rings is 1. The maximum Gasteiger partial charge on any atom is 0.321 e. The first-order valence-electron chi connectivity index (χ1n) is 5.96. The van der Waals surface area contributed by atoms with Crippen LogP contribution >= 0.6 is 11.8 Å². The molecule has 0 spiro atoms. The maximum atomic E-state index is 13.5. The fraction of sp³-hybridized carbons (Fsp3) is 0.462. The van der Waals surface area contributed by atoms with Gasteiger partial charge in [0.2, 0.25) is 0 Å². The minimum atomic E-state index is -0.859. The Balaban J connectivity index is 2.81. The summed E-state index contributed by atoms with van der Waals surface area (Å²) in [4.78, 5) is 13.4. The van der Waals surface area contributed by atoms with Crippen LogP contribution in [0.5, 0.6) is 5.75 Å². The number of ether oxygens (including phenoxy) is 1. The molecule has 1 aromatic rings. The van der Waals surface area contributed by atoms with E-state index in [4.69, 9.17) is 0 Å². The number of halogens is 2. The third kappa shape index (κ3) is 4.00. The van der Waals surface area contributed by atoms with Gasteiger partial charge >= 0.3 is 6.03 Å². The molecule has 20 heavy (non-hydrogen) atoms. The number of nitrogens with one attached hydrogen (secondary N) is 1. The van der Waals surface area contributed by atoms with E-state index in [1.54, 1.807) is 18.8 Å². The van der Waals surface area contributed by atoms with Crippen molar-refractivity contribution in [3.63, 3.8) is 0 Å². The number of hydrogen-bond donors (Lipinski definition) is 1. The second kappa shape index (κ2) is 7.33. The first-order chi connectivity index (χ1) is 9.40. The Kier molecular flexibility index (Phi) is 6.06. The van der Waals surface area contributed by atoms with Crippen LogP contribution in [0.3, 0.4) is 0 Å². The lowest BCUT2D eigenvalue weighted by Gasteiger charge is -2.24. The monoisotopic (exact) mass is 304 g/mol. The Labute approximate surface area is 121 Å². The quantitative estimate of drug-likeness (QED) is 0.908. The number of methoxy groups -OCH3 is 1. The highest BCUT2D eigenvalue weighted by molar-refractivity contribution is 7.98. The van der Waals surface area contributed by atoms with E-state index in [1.165, 1.54) is 12.0 Å². The molecule has 0 aliphatic heterocycles. The smallest absolute Gasteiger partial charge is 0.321 e. The molecule has 0 radical (unpaired) electrons. The van der Waals surface area contributed by atoms with Gasteiger partial charge < -0.3 is 15.0 Å². The number of amides is 2. The first kappa shape index (κ1) is 16.6. The molecule has 1 rings (SSSR count). The molecule has 0 aliphatic rings. The molecule has 0 heterocycles. The first-order valence-corrected chi connectivity index (χ1v) is 7.35. The van der Waals surface area contributed by atoms with Crippen LogP contribution in [0, 0.1) is 11.6 Å². The number of anilines is 1. The summed E-state index contributed by atoms with van der Waals surface area (Å²) in [5.74, 6) is -1.41. The van der Waals surface area contributed by atoms with Gasteiger partial charge in [0.05, 0.1) is 7.11 Å². The van der Waals surface area contributed by atoms with E-state index in [0.717, 1.165) is 17.9 Å². The van der Waals surface area contributed by atoms with Gasteiger partial charge in [-0.15, -0.1) is 0 Å². The minimum absolute atomic E-state index is 0.0120. The number of thioether (sulfide) groups is 1. The van der Waals surface area contributed by atoms with E-state index in [2.05, 4.69) is 10.1 Å². The third-order valence-corrected chi connectivity index (χ3v) is 3.66. The van der Waals surface area contributed by atoms with E-state index in [0.29, 0.717) is 0 Å². The van der Waals surface area contributed by atoms with Crippen LogP contribution in [0.25, 0.3) is 0 Å². The predicted molar refractivity (Wildman–Crippen MR) is 77.5 cm³/mol. The van der Waals surface area contributed by atoms with E-state index in [-0.39, 0.29) is 11.7 Å². The summed E-state index contributed by atoms with van der Waals surface area (Å²) >= 11 is 1.61. The summed E-state index contributed by atoms with van der Waals surface area (Å²) in [5, 5.41) is 2.46. The molecule has 1 N–H and O–H groups in total. The van der Waals surface area contributed by atoms with Gasteiger partial charge in [-0.25, -0.2) is 13.6 Å². The minimum Gasteiger partial charge on any atom is -0.491 e. The molecule has 1 atom stereocenters. The number of nitrogens with zero attached hydrogens (tertiary/aromatic N) is 1. The SMILES string of the molecule is COc1c(F)cc(NC(=O)N(C)[C@H](C)CSC)cc1F. The van der Waals surface area contributed by atoms with Gasteiger partial charge in [-0.1, -0.05) is 0 Å². The molecule has 112 valence electrons. The number of rotatable bonds is 5. The van der Waals surface area contributed by atoms with E-state index in [9.17, 15) is 13.6 Å². The fourth-order valence-corrected chi connectivity index (χ4v) is 2.30. The summed E-state index contributed by atoms with van der Waals surface area (Å²) < 4.78 is 31.6. The highest BCUT2D eigenvalue weighted by Gasteiger charge is 2.17. The van der Waals surface area contributed by atoms with Crippen molar-refractivity contribution < 1.29 is 18.3 Å². The van der Waals surface area contributed by atoms with Crippen molar-refractivity contribution in [2.24, 2.45) is 0 Å². The Morgan fingerprint density at radius 2 is 2.00 bits per heavy atom. The van der Waals surface area contributed by atoms with E-state index < -0.39 is 23.4 Å². The topological polar surface area (TPSA) is 41.6 Å². The lowest BCUT2D eigenvalue weighted by Crippen LogP contribution is -2.39. The van der Waals surface area contributed by atoms with Crippen LogP contribution in [0.15, 0.2) is 12.1 Å². The van der Waals surface area contributed by atoms with Crippen molar-refractivity contribution in [2.45, 2.75) is 13.0 Å². The van der Waals surface area contributed by atoms with Crippen molar-refractivity contribution in [1.82, 2.24) is 4.90 Å². The van der Waals surface area contributed by atoms with Gasteiger partial charge in [0, 0.05) is 36.7 Å². The maximum absolute atomic E-state index is 13.5. The largest absolute Gasteiger partial charge is 0.491 e. The van der Waals surface area contributed by atoms with Crippen LogP contribution in [-0.4, -0.2) is 43.1 Å².